The number of benzene rings is 1. The summed E-state index contributed by atoms with van der Waals surface area (Å²) in [7, 11) is -3.92. The van der Waals surface area contributed by atoms with Crippen molar-refractivity contribution in [1.82, 2.24) is 0 Å². The molecule has 1 atom stereocenters. The molecule has 0 aromatic heterocycles. The van der Waals surface area contributed by atoms with Gasteiger partial charge in [0.05, 0.1) is 10.1 Å². The minimum Gasteiger partial charge on any atom is -0.748 e. The summed E-state index contributed by atoms with van der Waals surface area (Å²) >= 11 is 0.686. The van der Waals surface area contributed by atoms with Crippen LogP contribution in [0.5, 0.6) is 0 Å². The van der Waals surface area contributed by atoms with Crippen LogP contribution in [0, 0.1) is 35.5 Å². The molecule has 9 aliphatic rings. The van der Waals surface area contributed by atoms with Crippen molar-refractivity contribution in [3.63, 3.8) is 0 Å². The van der Waals surface area contributed by atoms with E-state index in [1.165, 1.54) is 24.0 Å². The standard InChI is InChI=1S/C24H39P.C12H12N.CH4O3S.Pd/c1-2-3-4-25(23-11-17-5-18(12-23)7-19(6-17)13-23)24-14-20-8-21(15-24)10-22(9-20)16-24;13-12-9-5-4-8-11(12)10-6-2-1-3-7-10;1-5(2,3)4;/h17-22H,2-16H2,1H3;1-8H,9,13H2;1H3,(H,2,3,4);. The van der Waals surface area contributed by atoms with Crippen LogP contribution in [0.1, 0.15) is 109 Å². The first-order valence-electron chi connectivity index (χ1n) is 17.7. The second kappa shape index (κ2) is 12.0. The van der Waals surface area contributed by atoms with Crippen LogP contribution in [0.3, 0.4) is 0 Å². The summed E-state index contributed by atoms with van der Waals surface area (Å²) in [6, 6.07) is 11.4. The first-order valence-corrected chi connectivity index (χ1v) is 24.6. The molecule has 0 aliphatic heterocycles. The topological polar surface area (TPSA) is 83.2 Å². The number of nitrogens with two attached hydrogens (primary N) is 1. The Hall–Kier alpha value is -0.338. The molecule has 1 unspecified atom stereocenters. The van der Waals surface area contributed by atoms with Gasteiger partial charge in [-0.2, -0.15) is 0 Å². The molecule has 1 aromatic carbocycles. The molecule has 247 valence electrons. The summed E-state index contributed by atoms with van der Waals surface area (Å²) in [6.07, 6.45) is 32.5. The molecule has 10 rings (SSSR count). The largest absolute Gasteiger partial charge is 0.748 e. The fourth-order valence-corrected chi connectivity index (χ4v) is 32.3. The number of rotatable bonds is 8. The molecule has 0 radical (unpaired) electrons. The van der Waals surface area contributed by atoms with E-state index >= 15 is 0 Å². The summed E-state index contributed by atoms with van der Waals surface area (Å²) in [5.74, 6) is 6.31. The van der Waals surface area contributed by atoms with Gasteiger partial charge in [-0.15, -0.1) is 0 Å². The molecule has 8 fully saturated rings. The van der Waals surface area contributed by atoms with Gasteiger partial charge < -0.3 is 4.55 Å². The van der Waals surface area contributed by atoms with E-state index in [2.05, 4.69) is 55.5 Å². The number of allylic oxidation sites excluding steroid dienone is 2. The number of hydrogen-bond acceptors (Lipinski definition) is 4. The fourth-order valence-electron chi connectivity index (χ4n) is 12.8. The van der Waals surface area contributed by atoms with Gasteiger partial charge in [-0.3, -0.25) is 0 Å². The third-order valence-electron chi connectivity index (χ3n) is 13.1. The van der Waals surface area contributed by atoms with Gasteiger partial charge in [0.1, 0.15) is 0 Å². The molecule has 8 bridgehead atoms. The van der Waals surface area contributed by atoms with Crippen molar-refractivity contribution in [3.05, 3.63) is 54.1 Å². The monoisotopic (exact) mass is 730 g/mol. The number of unbranched alkanes of at least 4 members (excludes halogenated alkanes) is 1. The van der Waals surface area contributed by atoms with E-state index in [-0.39, 0.29) is 4.01 Å². The third-order valence-corrected chi connectivity index (χ3v) is 30.1. The molecular formula is C37H55NO3PPdS. The Kier molecular flexibility index (Phi) is 8.76. The van der Waals surface area contributed by atoms with Gasteiger partial charge in [0, 0.05) is 6.26 Å². The van der Waals surface area contributed by atoms with Crippen LogP contribution < -0.4 is 5.73 Å². The zero-order valence-corrected chi connectivity index (χ0v) is 30.3. The Balaban J connectivity index is 0.000000581. The Morgan fingerprint density at radius 3 is 1.68 bits per heavy atom. The summed E-state index contributed by atoms with van der Waals surface area (Å²) in [4.78, 5) is 0. The van der Waals surface area contributed by atoms with Crippen molar-refractivity contribution >= 4 is 21.1 Å². The van der Waals surface area contributed by atoms with Gasteiger partial charge >= 0.3 is 248 Å². The molecule has 0 heterocycles. The SMILES string of the molecule is CCCC[PH]([Pd+][C]1(N)CC=CC=C1c1ccccc1)(C12CC3CC(CC(C3)C1)C2)C12CC3CC(CC(C3)C1)C2.CS(=O)(=O)[O-]. The van der Waals surface area contributed by atoms with Gasteiger partial charge in [-0.1, -0.05) is 0 Å². The summed E-state index contributed by atoms with van der Waals surface area (Å²) in [5, 5.41) is 1.40. The molecular weight excluding hydrogens is 676 g/mol. The normalized spacial score (nSPS) is 42.2. The van der Waals surface area contributed by atoms with Crippen LogP contribution >= 0.6 is 5.45 Å². The Bertz CT molecular complexity index is 1270. The first-order chi connectivity index (χ1) is 20.9. The minimum atomic E-state index is -3.92. The van der Waals surface area contributed by atoms with E-state index < -0.39 is 15.6 Å². The number of hydrogen-bond donors (Lipinski definition) is 1. The quantitative estimate of drug-likeness (QED) is 0.166. The van der Waals surface area contributed by atoms with E-state index in [1.807, 2.05) is 0 Å². The molecule has 8 saturated carbocycles. The third kappa shape index (κ3) is 5.83. The van der Waals surface area contributed by atoms with E-state index in [9.17, 15) is 0 Å². The molecule has 9 aliphatic carbocycles. The smallest absolute Gasteiger partial charge is 0.0916 e. The van der Waals surface area contributed by atoms with Gasteiger partial charge in [0.15, 0.2) is 0 Å². The van der Waals surface area contributed by atoms with Crippen LogP contribution in [0.2, 0.25) is 0 Å². The van der Waals surface area contributed by atoms with E-state index in [1.54, 1.807) is 83.2 Å². The van der Waals surface area contributed by atoms with E-state index in [0.717, 1.165) is 41.9 Å². The van der Waals surface area contributed by atoms with Gasteiger partial charge in [0.2, 0.25) is 0 Å². The molecule has 2 N–H and O–H groups in total. The Morgan fingerprint density at radius 2 is 1.27 bits per heavy atom. The Labute approximate surface area is 275 Å². The second-order valence-corrected chi connectivity index (χ2v) is 28.6. The van der Waals surface area contributed by atoms with Crippen LogP contribution in [0.4, 0.5) is 0 Å². The van der Waals surface area contributed by atoms with E-state index in [0.29, 0.717) is 34.1 Å². The predicted molar refractivity (Wildman–Crippen MR) is 181 cm³/mol. The molecule has 7 heteroatoms. The molecule has 4 nitrogen and oxygen atoms in total. The van der Waals surface area contributed by atoms with Crippen LogP contribution in [0.25, 0.3) is 5.57 Å². The summed E-state index contributed by atoms with van der Waals surface area (Å²) < 4.78 is 27.1. The predicted octanol–water partition coefficient (Wildman–Crippen LogP) is 8.33. The van der Waals surface area contributed by atoms with Crippen molar-refractivity contribution in [2.24, 2.45) is 41.2 Å². The maximum Gasteiger partial charge on any atom is 0.0916 e. The van der Waals surface area contributed by atoms with E-state index in [4.69, 9.17) is 18.7 Å². The average Bonchev–Trinajstić information content (AvgIpc) is 2.93. The zero-order valence-electron chi connectivity index (χ0n) is 26.9. The van der Waals surface area contributed by atoms with Crippen LogP contribution in [-0.4, -0.2) is 39.7 Å². The van der Waals surface area contributed by atoms with Gasteiger partial charge in [0.25, 0.3) is 0 Å². The van der Waals surface area contributed by atoms with Crippen LogP contribution in [0.15, 0.2) is 48.6 Å². The molecule has 1 aromatic rings. The summed E-state index contributed by atoms with van der Waals surface area (Å²) in [6.45, 7) is 2.49. The second-order valence-electron chi connectivity index (χ2n) is 16.4. The molecule has 0 saturated heterocycles. The van der Waals surface area contributed by atoms with Crippen molar-refractivity contribution in [2.45, 2.75) is 118 Å². The summed E-state index contributed by atoms with van der Waals surface area (Å²) in [5.41, 5.74) is 9.05. The maximum atomic E-state index is 9.08. The van der Waals surface area contributed by atoms with Crippen molar-refractivity contribution < 1.29 is 30.5 Å². The van der Waals surface area contributed by atoms with Gasteiger partial charge in [-0.05, 0) is 0 Å². The Morgan fingerprint density at radius 1 is 0.841 bits per heavy atom. The molecule has 0 amide bonds. The molecule has 0 spiro atoms. The minimum absolute atomic E-state index is 0.142. The van der Waals surface area contributed by atoms with Gasteiger partial charge in [-0.25, -0.2) is 8.42 Å². The first kappa shape index (κ1) is 32.2. The zero-order chi connectivity index (χ0) is 30.8. The van der Waals surface area contributed by atoms with Crippen molar-refractivity contribution in [2.75, 3.05) is 12.4 Å². The van der Waals surface area contributed by atoms with Crippen molar-refractivity contribution in [3.8, 4) is 0 Å². The average molecular weight is 731 g/mol. The van der Waals surface area contributed by atoms with Crippen LogP contribution in [-0.2, 0) is 27.6 Å². The van der Waals surface area contributed by atoms with Crippen molar-refractivity contribution in [1.29, 1.82) is 0 Å². The fraction of sp³-hybridized carbons (Fsp3) is 0.730. The molecule has 44 heavy (non-hydrogen) atoms. The maximum absolute atomic E-state index is 9.08.